The Morgan fingerprint density at radius 1 is 1.29 bits per heavy atom. The smallest absolute Gasteiger partial charge is 0.175 e. The molecule has 2 rings (SSSR count). The maximum Gasteiger partial charge on any atom is 0.175 e. The molecular weight excluding hydrogens is 288 g/mol. The van der Waals surface area contributed by atoms with E-state index in [2.05, 4.69) is 11.9 Å². The van der Waals surface area contributed by atoms with Gasteiger partial charge in [-0.2, -0.15) is 0 Å². The van der Waals surface area contributed by atoms with E-state index >= 15 is 0 Å². The number of aliphatic hydroxyl groups excluding tert-OH is 1. The summed E-state index contributed by atoms with van der Waals surface area (Å²) in [4.78, 5) is 4.53. The molecule has 1 unspecified atom stereocenters. The number of imidazole rings is 1. The standard InChI is InChI=1S/C15H20N2O3S/c1-3-4-15-16-9-10-17(15)11-14(18)12-5-7-13(8-6-12)21(2,19)20/h5-10,14,18H,3-4,11H2,1-2H3. The lowest BCUT2D eigenvalue weighted by atomic mass is 10.1. The van der Waals surface area contributed by atoms with Crippen molar-refractivity contribution in [3.05, 3.63) is 48.0 Å². The molecule has 0 saturated carbocycles. The molecule has 0 amide bonds. The van der Waals surface area contributed by atoms with Crippen LogP contribution in [0.1, 0.15) is 30.8 Å². The Balaban J connectivity index is 2.13. The number of hydrogen-bond donors (Lipinski definition) is 1. The van der Waals surface area contributed by atoms with Gasteiger partial charge in [-0.25, -0.2) is 13.4 Å². The van der Waals surface area contributed by atoms with Crippen LogP contribution < -0.4 is 0 Å². The molecule has 0 saturated heterocycles. The molecule has 2 aromatic rings. The van der Waals surface area contributed by atoms with Gasteiger partial charge < -0.3 is 9.67 Å². The van der Waals surface area contributed by atoms with E-state index in [1.165, 1.54) is 18.4 Å². The lowest BCUT2D eigenvalue weighted by Gasteiger charge is -2.14. The fourth-order valence-electron chi connectivity index (χ4n) is 2.19. The summed E-state index contributed by atoms with van der Waals surface area (Å²) in [6.45, 7) is 2.49. The molecule has 1 heterocycles. The average Bonchev–Trinajstić information content (AvgIpc) is 2.86. The quantitative estimate of drug-likeness (QED) is 0.885. The van der Waals surface area contributed by atoms with Crippen LogP contribution in [0.15, 0.2) is 41.6 Å². The van der Waals surface area contributed by atoms with Crippen molar-refractivity contribution in [1.82, 2.24) is 9.55 Å². The van der Waals surface area contributed by atoms with Crippen LogP contribution in [-0.4, -0.2) is 29.3 Å². The third-order valence-corrected chi connectivity index (χ3v) is 4.47. The number of benzene rings is 1. The average molecular weight is 308 g/mol. The van der Waals surface area contributed by atoms with Gasteiger partial charge >= 0.3 is 0 Å². The highest BCUT2D eigenvalue weighted by Gasteiger charge is 2.13. The Hall–Kier alpha value is -1.66. The molecule has 0 aliphatic rings. The van der Waals surface area contributed by atoms with Crippen molar-refractivity contribution in [2.45, 2.75) is 37.3 Å². The number of aryl methyl sites for hydroxylation is 1. The maximum atomic E-state index is 11.4. The normalized spacial score (nSPS) is 13.3. The minimum atomic E-state index is -3.21. The molecule has 21 heavy (non-hydrogen) atoms. The SMILES string of the molecule is CCCc1nccn1CC(O)c1ccc(S(C)(=O)=O)cc1. The lowest BCUT2D eigenvalue weighted by molar-refractivity contribution is 0.155. The minimum absolute atomic E-state index is 0.257. The highest BCUT2D eigenvalue weighted by molar-refractivity contribution is 7.90. The molecule has 0 radical (unpaired) electrons. The zero-order chi connectivity index (χ0) is 15.5. The molecule has 0 fully saturated rings. The Bertz CT molecular complexity index is 690. The molecule has 1 aromatic carbocycles. The van der Waals surface area contributed by atoms with Gasteiger partial charge in [0.1, 0.15) is 5.82 Å². The molecule has 114 valence electrons. The van der Waals surface area contributed by atoms with Gasteiger partial charge in [0, 0.05) is 25.1 Å². The van der Waals surface area contributed by atoms with Crippen molar-refractivity contribution in [2.24, 2.45) is 0 Å². The monoisotopic (exact) mass is 308 g/mol. The van der Waals surface area contributed by atoms with Crippen LogP contribution in [0, 0.1) is 0 Å². The minimum Gasteiger partial charge on any atom is -0.387 e. The molecule has 0 spiro atoms. The fraction of sp³-hybridized carbons (Fsp3) is 0.400. The van der Waals surface area contributed by atoms with Crippen LogP contribution in [0.3, 0.4) is 0 Å². The van der Waals surface area contributed by atoms with Gasteiger partial charge in [0.2, 0.25) is 0 Å². The predicted octanol–water partition coefficient (Wildman–Crippen LogP) is 1.97. The van der Waals surface area contributed by atoms with Crippen LogP contribution in [0.2, 0.25) is 0 Å². The third-order valence-electron chi connectivity index (χ3n) is 3.34. The Morgan fingerprint density at radius 3 is 2.52 bits per heavy atom. The second-order valence-electron chi connectivity index (χ2n) is 5.10. The van der Waals surface area contributed by atoms with E-state index in [0.29, 0.717) is 12.1 Å². The third kappa shape index (κ3) is 3.92. The first-order valence-corrected chi connectivity index (χ1v) is 8.79. The number of nitrogens with zero attached hydrogens (tertiary/aromatic N) is 2. The maximum absolute atomic E-state index is 11.4. The van der Waals surface area contributed by atoms with Gasteiger partial charge in [0.05, 0.1) is 17.5 Å². The van der Waals surface area contributed by atoms with E-state index in [4.69, 9.17) is 0 Å². The van der Waals surface area contributed by atoms with Gasteiger partial charge in [-0.1, -0.05) is 19.1 Å². The number of sulfone groups is 1. The first-order valence-electron chi connectivity index (χ1n) is 6.90. The summed E-state index contributed by atoms with van der Waals surface area (Å²) in [5.41, 5.74) is 0.693. The lowest BCUT2D eigenvalue weighted by Crippen LogP contribution is -2.11. The zero-order valence-corrected chi connectivity index (χ0v) is 13.0. The number of aromatic nitrogens is 2. The van der Waals surface area contributed by atoms with Crippen molar-refractivity contribution in [1.29, 1.82) is 0 Å². The summed E-state index contributed by atoms with van der Waals surface area (Å²) < 4.78 is 24.8. The van der Waals surface area contributed by atoms with Crippen LogP contribution in [-0.2, 0) is 22.8 Å². The van der Waals surface area contributed by atoms with Gasteiger partial charge in [0.25, 0.3) is 0 Å². The van der Waals surface area contributed by atoms with E-state index in [1.54, 1.807) is 18.3 Å². The van der Waals surface area contributed by atoms with Gasteiger partial charge in [-0.15, -0.1) is 0 Å². The molecule has 5 nitrogen and oxygen atoms in total. The first-order chi connectivity index (χ1) is 9.91. The van der Waals surface area contributed by atoms with Crippen molar-refractivity contribution < 1.29 is 13.5 Å². The molecule has 1 N–H and O–H groups in total. The van der Waals surface area contributed by atoms with E-state index in [0.717, 1.165) is 18.7 Å². The van der Waals surface area contributed by atoms with E-state index in [9.17, 15) is 13.5 Å². The highest BCUT2D eigenvalue weighted by atomic mass is 32.2. The Kier molecular flexibility index (Phi) is 4.80. The van der Waals surface area contributed by atoms with Crippen molar-refractivity contribution in [2.75, 3.05) is 6.26 Å². The summed E-state index contributed by atoms with van der Waals surface area (Å²) in [5.74, 6) is 0.948. The predicted molar refractivity (Wildman–Crippen MR) is 80.7 cm³/mol. The second kappa shape index (κ2) is 6.41. The first kappa shape index (κ1) is 15.7. The number of aliphatic hydroxyl groups is 1. The second-order valence-corrected chi connectivity index (χ2v) is 7.12. The zero-order valence-electron chi connectivity index (χ0n) is 12.2. The number of rotatable bonds is 6. The summed E-state index contributed by atoms with van der Waals surface area (Å²) in [7, 11) is -3.21. The summed E-state index contributed by atoms with van der Waals surface area (Å²) in [6.07, 6.45) is 5.91. The van der Waals surface area contributed by atoms with Crippen molar-refractivity contribution >= 4 is 9.84 Å². The van der Waals surface area contributed by atoms with Crippen LogP contribution in [0.5, 0.6) is 0 Å². The summed E-state index contributed by atoms with van der Waals surface area (Å²) >= 11 is 0. The fourth-order valence-corrected chi connectivity index (χ4v) is 2.82. The van der Waals surface area contributed by atoms with Gasteiger partial charge in [-0.3, -0.25) is 0 Å². The van der Waals surface area contributed by atoms with Crippen LogP contribution >= 0.6 is 0 Å². The number of hydrogen-bond acceptors (Lipinski definition) is 4. The molecule has 1 atom stereocenters. The van der Waals surface area contributed by atoms with Crippen LogP contribution in [0.4, 0.5) is 0 Å². The molecule has 1 aromatic heterocycles. The molecule has 0 aliphatic heterocycles. The van der Waals surface area contributed by atoms with Gasteiger partial charge in [0.15, 0.2) is 9.84 Å². The topological polar surface area (TPSA) is 72.2 Å². The van der Waals surface area contributed by atoms with Gasteiger partial charge in [-0.05, 0) is 24.1 Å². The summed E-state index contributed by atoms with van der Waals surface area (Å²) in [5, 5.41) is 10.3. The van der Waals surface area contributed by atoms with E-state index in [-0.39, 0.29) is 4.90 Å². The van der Waals surface area contributed by atoms with Crippen LogP contribution in [0.25, 0.3) is 0 Å². The van der Waals surface area contributed by atoms with E-state index in [1.807, 2.05) is 10.8 Å². The van der Waals surface area contributed by atoms with E-state index < -0.39 is 15.9 Å². The molecule has 0 bridgehead atoms. The largest absolute Gasteiger partial charge is 0.387 e. The molecule has 6 heteroatoms. The summed E-state index contributed by atoms with van der Waals surface area (Å²) in [6, 6.07) is 6.35. The highest BCUT2D eigenvalue weighted by Crippen LogP contribution is 2.19. The van der Waals surface area contributed by atoms with Crippen molar-refractivity contribution in [3.8, 4) is 0 Å². The Labute approximate surface area is 125 Å². The molecular formula is C15H20N2O3S. The Morgan fingerprint density at radius 2 is 1.95 bits per heavy atom. The molecule has 0 aliphatic carbocycles. The van der Waals surface area contributed by atoms with Crippen molar-refractivity contribution in [3.63, 3.8) is 0 Å².